The first-order chi connectivity index (χ1) is 13.8. The fourth-order valence-corrected chi connectivity index (χ4v) is 2.73. The molecule has 0 aliphatic carbocycles. The summed E-state index contributed by atoms with van der Waals surface area (Å²) in [6.07, 6.45) is 9.55. The molecule has 0 bridgehead atoms. The number of aryl methyl sites for hydroxylation is 1. The summed E-state index contributed by atoms with van der Waals surface area (Å²) < 4.78 is 1.77. The van der Waals surface area contributed by atoms with Crippen LogP contribution in [0.5, 0.6) is 0 Å². The van der Waals surface area contributed by atoms with Crippen LogP contribution in [0.15, 0.2) is 36.8 Å². The van der Waals surface area contributed by atoms with E-state index in [9.17, 15) is 4.79 Å². The standard InChI is InChI=1S/C21H29N7O/c1-14(2)26-21-19(24-10-17-11-25-28(5)12-17)9-18(27-20(21)16(4)22)15(3)7-6-8-23-13-29/h6-9,11-14,22,26H,10H2,1-5H3,(H,23,29)(H,24,27)/b8-6-,15-7+,22-16?. The van der Waals surface area contributed by atoms with Gasteiger partial charge >= 0.3 is 0 Å². The summed E-state index contributed by atoms with van der Waals surface area (Å²) in [5.41, 5.74) is 5.40. The van der Waals surface area contributed by atoms with Crippen molar-refractivity contribution >= 4 is 29.1 Å². The molecule has 0 saturated heterocycles. The molecule has 0 radical (unpaired) electrons. The second-order valence-corrected chi connectivity index (χ2v) is 7.07. The SMILES string of the molecule is CC(=N)c1nc(/C(C)=C/C=C\NC=O)cc(NCc2cnn(C)c2)c1NC(C)C. The van der Waals surface area contributed by atoms with Gasteiger partial charge in [-0.1, -0.05) is 6.08 Å². The van der Waals surface area contributed by atoms with Gasteiger partial charge in [-0.05, 0) is 45.4 Å². The van der Waals surface area contributed by atoms with E-state index in [1.54, 1.807) is 23.9 Å². The lowest BCUT2D eigenvalue weighted by molar-refractivity contribution is -0.108. The number of hydrogen-bond donors (Lipinski definition) is 4. The minimum absolute atomic E-state index is 0.189. The average molecular weight is 396 g/mol. The monoisotopic (exact) mass is 395 g/mol. The molecule has 2 heterocycles. The summed E-state index contributed by atoms with van der Waals surface area (Å²) >= 11 is 0. The molecule has 0 aliphatic rings. The van der Waals surface area contributed by atoms with Crippen molar-refractivity contribution < 1.29 is 4.79 Å². The van der Waals surface area contributed by atoms with Crippen molar-refractivity contribution in [2.45, 2.75) is 40.3 Å². The van der Waals surface area contributed by atoms with Crippen molar-refractivity contribution in [3.8, 4) is 0 Å². The van der Waals surface area contributed by atoms with E-state index in [4.69, 9.17) is 10.4 Å². The largest absolute Gasteiger partial charge is 0.379 e. The molecule has 0 aliphatic heterocycles. The number of aromatic nitrogens is 3. The maximum Gasteiger partial charge on any atom is 0.211 e. The predicted molar refractivity (Wildman–Crippen MR) is 118 cm³/mol. The molecule has 2 rings (SSSR count). The lowest BCUT2D eigenvalue weighted by Gasteiger charge is -2.20. The van der Waals surface area contributed by atoms with Gasteiger partial charge in [-0.15, -0.1) is 0 Å². The number of carbonyl (C=O) groups excluding carboxylic acids is 1. The van der Waals surface area contributed by atoms with E-state index >= 15 is 0 Å². The van der Waals surface area contributed by atoms with Gasteiger partial charge in [0.15, 0.2) is 0 Å². The van der Waals surface area contributed by atoms with Crippen LogP contribution in [-0.4, -0.2) is 32.9 Å². The fourth-order valence-electron chi connectivity index (χ4n) is 2.73. The van der Waals surface area contributed by atoms with E-state index < -0.39 is 0 Å². The van der Waals surface area contributed by atoms with Crippen molar-refractivity contribution in [1.82, 2.24) is 20.1 Å². The maximum atomic E-state index is 10.4. The summed E-state index contributed by atoms with van der Waals surface area (Å²) in [5, 5.41) is 21.8. The first-order valence-corrected chi connectivity index (χ1v) is 9.43. The van der Waals surface area contributed by atoms with Gasteiger partial charge in [0.1, 0.15) is 5.69 Å². The summed E-state index contributed by atoms with van der Waals surface area (Å²) in [5.74, 6) is 0. The summed E-state index contributed by atoms with van der Waals surface area (Å²) in [6, 6.07) is 2.16. The van der Waals surface area contributed by atoms with Gasteiger partial charge in [0.25, 0.3) is 0 Å². The van der Waals surface area contributed by atoms with Gasteiger partial charge in [0, 0.05) is 37.6 Å². The molecule has 2 aromatic rings. The van der Waals surface area contributed by atoms with Crippen LogP contribution < -0.4 is 16.0 Å². The molecule has 0 unspecified atom stereocenters. The Morgan fingerprint density at radius 2 is 2.10 bits per heavy atom. The molecule has 0 fully saturated rings. The Labute approximate surface area is 171 Å². The van der Waals surface area contributed by atoms with E-state index in [-0.39, 0.29) is 6.04 Å². The molecule has 29 heavy (non-hydrogen) atoms. The predicted octanol–water partition coefficient (Wildman–Crippen LogP) is 3.30. The lowest BCUT2D eigenvalue weighted by Crippen LogP contribution is -2.17. The molecular formula is C21H29N7O. The Hall–Kier alpha value is -3.42. The zero-order valence-corrected chi connectivity index (χ0v) is 17.6. The number of carbonyl (C=O) groups is 1. The molecule has 1 amide bonds. The molecule has 2 aromatic heterocycles. The van der Waals surface area contributed by atoms with Crippen LogP contribution in [0.25, 0.3) is 5.57 Å². The van der Waals surface area contributed by atoms with Crippen molar-refractivity contribution in [1.29, 1.82) is 5.41 Å². The van der Waals surface area contributed by atoms with Gasteiger partial charge in [-0.25, -0.2) is 4.98 Å². The minimum Gasteiger partial charge on any atom is -0.379 e. The van der Waals surface area contributed by atoms with E-state index in [1.807, 2.05) is 38.5 Å². The van der Waals surface area contributed by atoms with E-state index in [1.165, 1.54) is 0 Å². The molecule has 0 aromatic carbocycles. The number of amides is 1. The third-order valence-electron chi connectivity index (χ3n) is 4.06. The summed E-state index contributed by atoms with van der Waals surface area (Å²) in [4.78, 5) is 15.1. The van der Waals surface area contributed by atoms with Crippen LogP contribution in [0.1, 0.15) is 44.6 Å². The number of anilines is 2. The Morgan fingerprint density at radius 3 is 2.69 bits per heavy atom. The lowest BCUT2D eigenvalue weighted by atomic mass is 10.1. The quantitative estimate of drug-likeness (QED) is 0.280. The third kappa shape index (κ3) is 6.31. The van der Waals surface area contributed by atoms with Crippen LogP contribution in [0, 0.1) is 5.41 Å². The van der Waals surface area contributed by atoms with Gasteiger partial charge in [0.05, 0.1) is 29.0 Å². The highest BCUT2D eigenvalue weighted by Crippen LogP contribution is 2.30. The molecule has 0 atom stereocenters. The zero-order chi connectivity index (χ0) is 21.4. The van der Waals surface area contributed by atoms with Gasteiger partial charge in [-0.3, -0.25) is 9.48 Å². The van der Waals surface area contributed by atoms with E-state index in [0.717, 1.165) is 28.2 Å². The topological polar surface area (TPSA) is 108 Å². The Balaban J connectivity index is 2.45. The summed E-state index contributed by atoms with van der Waals surface area (Å²) in [6.45, 7) is 8.38. The maximum absolute atomic E-state index is 10.4. The fraction of sp³-hybridized carbons (Fsp3) is 0.333. The molecule has 0 saturated carbocycles. The van der Waals surface area contributed by atoms with Crippen molar-refractivity contribution in [2.24, 2.45) is 7.05 Å². The van der Waals surface area contributed by atoms with Crippen molar-refractivity contribution in [3.05, 3.63) is 53.8 Å². The van der Waals surface area contributed by atoms with E-state index in [0.29, 0.717) is 24.4 Å². The van der Waals surface area contributed by atoms with Gasteiger partial charge in [0.2, 0.25) is 6.41 Å². The molecule has 154 valence electrons. The smallest absolute Gasteiger partial charge is 0.211 e. The second kappa shape index (κ2) is 10.2. The van der Waals surface area contributed by atoms with Crippen molar-refractivity contribution in [2.75, 3.05) is 10.6 Å². The number of pyridine rings is 1. The van der Waals surface area contributed by atoms with E-state index in [2.05, 4.69) is 34.9 Å². The number of allylic oxidation sites excluding steroid dienone is 3. The van der Waals surface area contributed by atoms with Crippen LogP contribution in [0.3, 0.4) is 0 Å². The third-order valence-corrected chi connectivity index (χ3v) is 4.06. The van der Waals surface area contributed by atoms with Crippen LogP contribution in [-0.2, 0) is 18.4 Å². The minimum atomic E-state index is 0.189. The number of nitrogens with one attached hydrogen (secondary N) is 4. The molecule has 8 heteroatoms. The number of nitrogens with zero attached hydrogens (tertiary/aromatic N) is 3. The molecule has 8 nitrogen and oxygen atoms in total. The second-order valence-electron chi connectivity index (χ2n) is 7.07. The number of rotatable bonds is 10. The van der Waals surface area contributed by atoms with Gasteiger partial charge < -0.3 is 21.4 Å². The van der Waals surface area contributed by atoms with Crippen LogP contribution in [0.4, 0.5) is 11.4 Å². The first-order valence-electron chi connectivity index (χ1n) is 9.43. The first kappa shape index (κ1) is 21.9. The van der Waals surface area contributed by atoms with Gasteiger partial charge in [-0.2, -0.15) is 5.10 Å². The molecule has 4 N–H and O–H groups in total. The number of hydrogen-bond acceptors (Lipinski definition) is 6. The Bertz CT molecular complexity index is 925. The summed E-state index contributed by atoms with van der Waals surface area (Å²) in [7, 11) is 1.89. The molecular weight excluding hydrogens is 366 g/mol. The molecule has 0 spiro atoms. The Kier molecular flexibility index (Phi) is 7.70. The zero-order valence-electron chi connectivity index (χ0n) is 17.6. The highest BCUT2D eigenvalue weighted by molar-refractivity contribution is 6.02. The Morgan fingerprint density at radius 1 is 1.34 bits per heavy atom. The van der Waals surface area contributed by atoms with Crippen molar-refractivity contribution in [3.63, 3.8) is 0 Å². The van der Waals surface area contributed by atoms with Crippen LogP contribution in [0.2, 0.25) is 0 Å². The normalized spacial score (nSPS) is 11.7. The highest BCUT2D eigenvalue weighted by Gasteiger charge is 2.16. The average Bonchev–Trinajstić information content (AvgIpc) is 3.08. The highest BCUT2D eigenvalue weighted by atomic mass is 16.1. The van der Waals surface area contributed by atoms with Crippen LogP contribution >= 0.6 is 0 Å².